The number of halogens is 3. The Labute approximate surface area is 138 Å². The SMILES string of the molecule is CO[C@H]1CN[C@@H](C(=O)N2CC3(CC3)N(C(=O)C(F)(F)F)C[C@@H]2C)C1. The summed E-state index contributed by atoms with van der Waals surface area (Å²) in [5.41, 5.74) is -0.839. The van der Waals surface area contributed by atoms with Crippen LogP contribution in [0.5, 0.6) is 0 Å². The molecule has 3 rings (SSSR count). The first-order chi connectivity index (χ1) is 11.2. The second-order valence-electron chi connectivity index (χ2n) is 7.01. The fourth-order valence-electron chi connectivity index (χ4n) is 3.70. The summed E-state index contributed by atoms with van der Waals surface area (Å²) < 4.78 is 43.7. The Kier molecular flexibility index (Phi) is 4.28. The van der Waals surface area contributed by atoms with Crippen LogP contribution in [-0.4, -0.2) is 78.3 Å². The molecule has 1 N–H and O–H groups in total. The van der Waals surface area contributed by atoms with Crippen molar-refractivity contribution in [1.82, 2.24) is 15.1 Å². The van der Waals surface area contributed by atoms with Crippen LogP contribution in [0, 0.1) is 0 Å². The number of methoxy groups -OCH3 is 1. The van der Waals surface area contributed by atoms with E-state index in [1.165, 1.54) is 0 Å². The molecule has 0 radical (unpaired) electrons. The van der Waals surface area contributed by atoms with Gasteiger partial charge < -0.3 is 19.9 Å². The molecule has 2 aliphatic heterocycles. The van der Waals surface area contributed by atoms with Crippen LogP contribution in [0.25, 0.3) is 0 Å². The number of ether oxygens (including phenoxy) is 1. The average Bonchev–Trinajstić information content (AvgIpc) is 3.12. The van der Waals surface area contributed by atoms with E-state index in [4.69, 9.17) is 4.74 Å². The second kappa shape index (κ2) is 5.87. The maximum absolute atomic E-state index is 12.8. The molecular weight excluding hydrogens is 327 g/mol. The van der Waals surface area contributed by atoms with E-state index in [9.17, 15) is 22.8 Å². The highest BCUT2D eigenvalue weighted by molar-refractivity contribution is 5.85. The van der Waals surface area contributed by atoms with Gasteiger partial charge in [0.1, 0.15) is 0 Å². The molecule has 1 aliphatic carbocycles. The minimum Gasteiger partial charge on any atom is -0.380 e. The van der Waals surface area contributed by atoms with E-state index >= 15 is 0 Å². The number of hydrogen-bond acceptors (Lipinski definition) is 4. The van der Waals surface area contributed by atoms with Gasteiger partial charge in [0.15, 0.2) is 0 Å². The normalized spacial score (nSPS) is 32.3. The van der Waals surface area contributed by atoms with Crippen molar-refractivity contribution in [3.63, 3.8) is 0 Å². The van der Waals surface area contributed by atoms with Gasteiger partial charge >= 0.3 is 12.1 Å². The average molecular weight is 349 g/mol. The van der Waals surface area contributed by atoms with E-state index in [1.807, 2.05) is 0 Å². The zero-order valence-corrected chi connectivity index (χ0v) is 13.7. The molecule has 2 amide bonds. The lowest BCUT2D eigenvalue weighted by Gasteiger charge is -2.46. The molecule has 2 saturated heterocycles. The third-order valence-corrected chi connectivity index (χ3v) is 5.34. The number of rotatable bonds is 2. The molecule has 6 nitrogen and oxygen atoms in total. The van der Waals surface area contributed by atoms with Crippen molar-refractivity contribution >= 4 is 11.8 Å². The van der Waals surface area contributed by atoms with E-state index in [1.54, 1.807) is 18.9 Å². The number of piperazine rings is 1. The van der Waals surface area contributed by atoms with E-state index in [0.29, 0.717) is 25.8 Å². The van der Waals surface area contributed by atoms with Gasteiger partial charge in [-0.25, -0.2) is 0 Å². The number of carbonyl (C=O) groups is 2. The molecule has 1 saturated carbocycles. The molecule has 1 spiro atoms. The number of alkyl halides is 3. The fourth-order valence-corrected chi connectivity index (χ4v) is 3.70. The molecule has 0 aromatic heterocycles. The quantitative estimate of drug-likeness (QED) is 0.790. The molecular formula is C15H22F3N3O3. The lowest BCUT2D eigenvalue weighted by atomic mass is 10.0. The van der Waals surface area contributed by atoms with Gasteiger partial charge in [0.05, 0.1) is 17.7 Å². The monoisotopic (exact) mass is 349 g/mol. The van der Waals surface area contributed by atoms with E-state index in [-0.39, 0.29) is 31.1 Å². The van der Waals surface area contributed by atoms with E-state index in [0.717, 1.165) is 4.90 Å². The number of amides is 2. The van der Waals surface area contributed by atoms with Gasteiger partial charge in [0.2, 0.25) is 5.91 Å². The molecule has 24 heavy (non-hydrogen) atoms. The van der Waals surface area contributed by atoms with Gasteiger partial charge in [0.25, 0.3) is 0 Å². The van der Waals surface area contributed by atoms with Gasteiger partial charge in [0, 0.05) is 32.8 Å². The summed E-state index contributed by atoms with van der Waals surface area (Å²) in [6.07, 6.45) is -3.34. The molecule has 0 bridgehead atoms. The van der Waals surface area contributed by atoms with Crippen molar-refractivity contribution in [1.29, 1.82) is 0 Å². The first-order valence-electron chi connectivity index (χ1n) is 8.13. The highest BCUT2D eigenvalue weighted by Crippen LogP contribution is 2.47. The molecule has 9 heteroatoms. The van der Waals surface area contributed by atoms with Crippen molar-refractivity contribution < 1.29 is 27.5 Å². The predicted molar refractivity (Wildman–Crippen MR) is 78.1 cm³/mol. The number of hydrogen-bond donors (Lipinski definition) is 1. The van der Waals surface area contributed by atoms with Gasteiger partial charge in [-0.2, -0.15) is 13.2 Å². The Morgan fingerprint density at radius 2 is 1.96 bits per heavy atom. The Balaban J connectivity index is 1.71. The van der Waals surface area contributed by atoms with Crippen LogP contribution >= 0.6 is 0 Å². The number of nitrogens with zero attached hydrogens (tertiary/aromatic N) is 2. The lowest BCUT2D eigenvalue weighted by molar-refractivity contribution is -0.193. The van der Waals surface area contributed by atoms with E-state index < -0.39 is 23.7 Å². The summed E-state index contributed by atoms with van der Waals surface area (Å²) in [5.74, 6) is -1.91. The van der Waals surface area contributed by atoms with Crippen molar-refractivity contribution in [2.45, 2.75) is 56.1 Å². The van der Waals surface area contributed by atoms with Crippen LogP contribution in [0.1, 0.15) is 26.2 Å². The largest absolute Gasteiger partial charge is 0.471 e. The van der Waals surface area contributed by atoms with Crippen LogP contribution < -0.4 is 5.32 Å². The predicted octanol–water partition coefficient (Wildman–Crippen LogP) is 0.518. The van der Waals surface area contributed by atoms with Crippen molar-refractivity contribution in [2.24, 2.45) is 0 Å². The highest BCUT2D eigenvalue weighted by atomic mass is 19.4. The Bertz CT molecular complexity index is 536. The number of carbonyl (C=O) groups excluding carboxylic acids is 2. The van der Waals surface area contributed by atoms with Crippen LogP contribution in [0.4, 0.5) is 13.2 Å². The summed E-state index contributed by atoms with van der Waals surface area (Å²) in [4.78, 5) is 27.0. The summed E-state index contributed by atoms with van der Waals surface area (Å²) in [7, 11) is 1.59. The molecule has 0 aromatic carbocycles. The van der Waals surface area contributed by atoms with Gasteiger partial charge in [-0.3, -0.25) is 9.59 Å². The molecule has 2 heterocycles. The topological polar surface area (TPSA) is 61.9 Å². The van der Waals surface area contributed by atoms with Gasteiger partial charge in [-0.15, -0.1) is 0 Å². The Morgan fingerprint density at radius 1 is 1.29 bits per heavy atom. The van der Waals surface area contributed by atoms with Crippen LogP contribution in [0.15, 0.2) is 0 Å². The smallest absolute Gasteiger partial charge is 0.380 e. The highest BCUT2D eigenvalue weighted by Gasteiger charge is 2.60. The third kappa shape index (κ3) is 2.99. The van der Waals surface area contributed by atoms with Crippen LogP contribution in [0.2, 0.25) is 0 Å². The van der Waals surface area contributed by atoms with Crippen molar-refractivity contribution in [3.8, 4) is 0 Å². The zero-order chi connectivity index (χ0) is 17.7. The minimum absolute atomic E-state index is 0.0303. The van der Waals surface area contributed by atoms with E-state index in [2.05, 4.69) is 5.32 Å². The minimum atomic E-state index is -4.87. The van der Waals surface area contributed by atoms with Crippen molar-refractivity contribution in [2.75, 3.05) is 26.7 Å². The molecule has 3 aliphatic rings. The summed E-state index contributed by atoms with van der Waals surface area (Å²) in [6, 6.07) is -0.823. The Morgan fingerprint density at radius 3 is 2.46 bits per heavy atom. The molecule has 136 valence electrons. The number of nitrogens with one attached hydrogen (secondary N) is 1. The first-order valence-corrected chi connectivity index (χ1v) is 8.13. The molecule has 0 unspecified atom stereocenters. The zero-order valence-electron chi connectivity index (χ0n) is 13.7. The summed E-state index contributed by atoms with van der Waals surface area (Å²) in [6.45, 7) is 2.36. The molecule has 3 fully saturated rings. The van der Waals surface area contributed by atoms with Crippen LogP contribution in [-0.2, 0) is 14.3 Å². The summed E-state index contributed by atoms with van der Waals surface area (Å²) >= 11 is 0. The molecule has 0 aromatic rings. The van der Waals surface area contributed by atoms with Crippen molar-refractivity contribution in [3.05, 3.63) is 0 Å². The first kappa shape index (κ1) is 17.5. The second-order valence-corrected chi connectivity index (χ2v) is 7.01. The molecule has 3 atom stereocenters. The van der Waals surface area contributed by atoms with Gasteiger partial charge in [-0.05, 0) is 26.2 Å². The summed E-state index contributed by atoms with van der Waals surface area (Å²) in [5, 5.41) is 3.10. The Hall–Kier alpha value is -1.35. The maximum Gasteiger partial charge on any atom is 0.471 e. The van der Waals surface area contributed by atoms with Gasteiger partial charge in [-0.1, -0.05) is 0 Å². The standard InChI is InChI=1S/C15H22F3N3O3/c1-9-7-21(13(23)15(16,17)18)14(3-4-14)8-20(9)12(22)11-5-10(24-2)6-19-11/h9-11,19H,3-8H2,1-2H3/t9-,10+,11+/m0/s1. The lowest BCUT2D eigenvalue weighted by Crippen LogP contribution is -2.65. The maximum atomic E-state index is 12.8. The fraction of sp³-hybridized carbons (Fsp3) is 0.867. The third-order valence-electron chi connectivity index (χ3n) is 5.34. The van der Waals surface area contributed by atoms with Crippen LogP contribution in [0.3, 0.4) is 0 Å².